The maximum Gasteiger partial charge on any atom is 0.251 e. The van der Waals surface area contributed by atoms with Crippen LogP contribution >= 0.6 is 0 Å². The Labute approximate surface area is 123 Å². The molecule has 3 rings (SSSR count). The van der Waals surface area contributed by atoms with Crippen molar-refractivity contribution in [2.45, 2.75) is 24.8 Å². The van der Waals surface area contributed by atoms with Gasteiger partial charge in [-0.3, -0.25) is 4.79 Å². The molecular formula is C16H19N3O2. The number of nitrogens with two attached hydrogens (primary N) is 1. The third-order valence-electron chi connectivity index (χ3n) is 4.13. The number of aromatic amines is 1. The highest BCUT2D eigenvalue weighted by Gasteiger charge is 2.38. The lowest BCUT2D eigenvalue weighted by molar-refractivity contribution is 0.0603. The Bertz CT molecular complexity index is 661. The Morgan fingerprint density at radius 1 is 1.24 bits per heavy atom. The third kappa shape index (κ3) is 2.62. The number of ether oxygens (including phenoxy) is 1. The van der Waals surface area contributed by atoms with E-state index in [-0.39, 0.29) is 17.5 Å². The van der Waals surface area contributed by atoms with E-state index in [1.54, 1.807) is 0 Å². The van der Waals surface area contributed by atoms with Crippen LogP contribution in [-0.2, 0) is 16.7 Å². The van der Waals surface area contributed by atoms with E-state index in [9.17, 15) is 4.79 Å². The van der Waals surface area contributed by atoms with Crippen LogP contribution in [0.4, 0.5) is 0 Å². The predicted molar refractivity (Wildman–Crippen MR) is 80.0 cm³/mol. The molecule has 0 bridgehead atoms. The Kier molecular flexibility index (Phi) is 3.86. The number of hydrogen-bond donors (Lipinski definition) is 2. The van der Waals surface area contributed by atoms with E-state index in [0.29, 0.717) is 24.7 Å². The van der Waals surface area contributed by atoms with Crippen molar-refractivity contribution >= 4 is 0 Å². The fourth-order valence-electron chi connectivity index (χ4n) is 2.98. The summed E-state index contributed by atoms with van der Waals surface area (Å²) in [5.74, 6) is 0.699. The average Bonchev–Trinajstić information content (AvgIpc) is 2.55. The lowest BCUT2D eigenvalue weighted by Crippen LogP contribution is -2.38. The fraction of sp³-hybridized carbons (Fsp3) is 0.375. The van der Waals surface area contributed by atoms with Crippen molar-refractivity contribution in [1.29, 1.82) is 0 Å². The normalized spacial score (nSPS) is 17.6. The van der Waals surface area contributed by atoms with Crippen LogP contribution in [0.2, 0.25) is 0 Å². The minimum absolute atomic E-state index is 0.151. The van der Waals surface area contributed by atoms with Crippen molar-refractivity contribution in [3.8, 4) is 0 Å². The molecule has 0 amide bonds. The van der Waals surface area contributed by atoms with Crippen molar-refractivity contribution in [2.75, 3.05) is 13.2 Å². The first kappa shape index (κ1) is 14.0. The van der Waals surface area contributed by atoms with Crippen molar-refractivity contribution in [3.05, 3.63) is 63.8 Å². The standard InChI is InChI=1S/C16H19N3O2/c17-11-13-10-14(20)19-15(18-13)16(6-8-21-9-7-16)12-4-2-1-3-5-12/h1-5,10H,6-9,11,17H2,(H,18,19,20). The third-order valence-corrected chi connectivity index (χ3v) is 4.13. The largest absolute Gasteiger partial charge is 0.381 e. The summed E-state index contributed by atoms with van der Waals surface area (Å²) in [5, 5.41) is 0. The first-order chi connectivity index (χ1) is 10.2. The molecule has 21 heavy (non-hydrogen) atoms. The summed E-state index contributed by atoms with van der Waals surface area (Å²) < 4.78 is 5.51. The smallest absolute Gasteiger partial charge is 0.251 e. The topological polar surface area (TPSA) is 81.0 Å². The summed E-state index contributed by atoms with van der Waals surface area (Å²) in [6, 6.07) is 11.6. The van der Waals surface area contributed by atoms with Crippen molar-refractivity contribution < 1.29 is 4.74 Å². The van der Waals surface area contributed by atoms with Crippen LogP contribution in [0.3, 0.4) is 0 Å². The van der Waals surface area contributed by atoms with E-state index in [0.717, 1.165) is 18.4 Å². The zero-order chi connectivity index (χ0) is 14.7. The highest BCUT2D eigenvalue weighted by molar-refractivity contribution is 5.33. The second-order valence-corrected chi connectivity index (χ2v) is 5.35. The molecule has 0 atom stereocenters. The van der Waals surface area contributed by atoms with Gasteiger partial charge in [0, 0.05) is 25.8 Å². The van der Waals surface area contributed by atoms with Gasteiger partial charge in [0.05, 0.1) is 11.1 Å². The number of benzene rings is 1. The van der Waals surface area contributed by atoms with Gasteiger partial charge in [0.15, 0.2) is 0 Å². The molecule has 2 aromatic rings. The molecule has 0 unspecified atom stereocenters. The van der Waals surface area contributed by atoms with Crippen molar-refractivity contribution in [3.63, 3.8) is 0 Å². The summed E-state index contributed by atoms with van der Waals surface area (Å²) in [6.07, 6.45) is 1.60. The van der Waals surface area contributed by atoms with Gasteiger partial charge in [-0.05, 0) is 18.4 Å². The molecule has 1 fully saturated rings. The van der Waals surface area contributed by atoms with Crippen LogP contribution < -0.4 is 11.3 Å². The zero-order valence-corrected chi connectivity index (χ0v) is 11.8. The van der Waals surface area contributed by atoms with Gasteiger partial charge in [0.25, 0.3) is 5.56 Å². The van der Waals surface area contributed by atoms with Gasteiger partial charge in [0.2, 0.25) is 0 Å². The summed E-state index contributed by atoms with van der Waals surface area (Å²) >= 11 is 0. The lowest BCUT2D eigenvalue weighted by atomic mass is 9.73. The molecule has 3 N–H and O–H groups in total. The molecule has 1 saturated heterocycles. The first-order valence-corrected chi connectivity index (χ1v) is 7.19. The minimum Gasteiger partial charge on any atom is -0.381 e. The molecule has 1 aliphatic heterocycles. The number of aromatic nitrogens is 2. The number of H-pyrrole nitrogens is 1. The summed E-state index contributed by atoms with van der Waals surface area (Å²) in [5.41, 5.74) is 6.99. The number of hydrogen-bond acceptors (Lipinski definition) is 4. The average molecular weight is 285 g/mol. The Morgan fingerprint density at radius 2 is 1.95 bits per heavy atom. The fourth-order valence-corrected chi connectivity index (χ4v) is 2.98. The summed E-state index contributed by atoms with van der Waals surface area (Å²) in [7, 11) is 0. The number of rotatable bonds is 3. The monoisotopic (exact) mass is 285 g/mol. The molecule has 1 aromatic carbocycles. The van der Waals surface area contributed by atoms with Crippen LogP contribution in [0.5, 0.6) is 0 Å². The molecule has 1 aromatic heterocycles. The molecular weight excluding hydrogens is 266 g/mol. The Balaban J connectivity index is 2.16. The van der Waals surface area contributed by atoms with Crippen LogP contribution in [0, 0.1) is 0 Å². The molecule has 0 radical (unpaired) electrons. The first-order valence-electron chi connectivity index (χ1n) is 7.19. The van der Waals surface area contributed by atoms with Gasteiger partial charge < -0.3 is 15.5 Å². The van der Waals surface area contributed by atoms with Crippen molar-refractivity contribution in [1.82, 2.24) is 9.97 Å². The van der Waals surface area contributed by atoms with Crippen LogP contribution in [0.25, 0.3) is 0 Å². The van der Waals surface area contributed by atoms with Crippen LogP contribution in [-0.4, -0.2) is 23.2 Å². The van der Waals surface area contributed by atoms with E-state index in [1.807, 2.05) is 18.2 Å². The SMILES string of the molecule is NCc1cc(=O)[nH]c(C2(c3ccccc3)CCOCC2)n1. The zero-order valence-electron chi connectivity index (χ0n) is 11.8. The van der Waals surface area contributed by atoms with Gasteiger partial charge >= 0.3 is 0 Å². The molecule has 0 saturated carbocycles. The quantitative estimate of drug-likeness (QED) is 0.891. The van der Waals surface area contributed by atoms with E-state index in [4.69, 9.17) is 10.5 Å². The maximum atomic E-state index is 11.9. The van der Waals surface area contributed by atoms with E-state index < -0.39 is 0 Å². The second kappa shape index (κ2) is 5.79. The second-order valence-electron chi connectivity index (χ2n) is 5.35. The van der Waals surface area contributed by atoms with Crippen molar-refractivity contribution in [2.24, 2.45) is 5.73 Å². The van der Waals surface area contributed by atoms with Gasteiger partial charge in [-0.2, -0.15) is 0 Å². The molecule has 1 aliphatic rings. The van der Waals surface area contributed by atoms with E-state index in [2.05, 4.69) is 22.1 Å². The maximum absolute atomic E-state index is 11.9. The molecule has 5 nitrogen and oxygen atoms in total. The Morgan fingerprint density at radius 3 is 2.62 bits per heavy atom. The molecule has 0 aliphatic carbocycles. The number of nitrogens with one attached hydrogen (secondary N) is 1. The van der Waals surface area contributed by atoms with Crippen LogP contribution in [0.15, 0.2) is 41.2 Å². The van der Waals surface area contributed by atoms with Gasteiger partial charge in [0.1, 0.15) is 5.82 Å². The molecule has 5 heteroatoms. The van der Waals surface area contributed by atoms with E-state index in [1.165, 1.54) is 6.07 Å². The molecule has 2 heterocycles. The van der Waals surface area contributed by atoms with Gasteiger partial charge in [-0.15, -0.1) is 0 Å². The van der Waals surface area contributed by atoms with Crippen LogP contribution in [0.1, 0.15) is 29.9 Å². The predicted octanol–water partition coefficient (Wildman–Crippen LogP) is 1.33. The summed E-state index contributed by atoms with van der Waals surface area (Å²) in [4.78, 5) is 19.4. The Hall–Kier alpha value is -1.98. The van der Waals surface area contributed by atoms with Gasteiger partial charge in [-0.1, -0.05) is 30.3 Å². The number of nitrogens with zero attached hydrogens (tertiary/aromatic N) is 1. The van der Waals surface area contributed by atoms with Gasteiger partial charge in [-0.25, -0.2) is 4.98 Å². The molecule has 0 spiro atoms. The molecule has 110 valence electrons. The highest BCUT2D eigenvalue weighted by atomic mass is 16.5. The van der Waals surface area contributed by atoms with E-state index >= 15 is 0 Å². The highest BCUT2D eigenvalue weighted by Crippen LogP contribution is 2.38. The summed E-state index contributed by atoms with van der Waals surface area (Å²) in [6.45, 7) is 1.58. The lowest BCUT2D eigenvalue weighted by Gasteiger charge is -2.36. The minimum atomic E-state index is -0.302.